The fraction of sp³-hybridized carbons (Fsp3) is 0.438. The van der Waals surface area contributed by atoms with Gasteiger partial charge in [-0.15, -0.1) is 0 Å². The third-order valence-corrected chi connectivity index (χ3v) is 8.27. The van der Waals surface area contributed by atoms with Crippen LogP contribution in [0.25, 0.3) is 0 Å². The van der Waals surface area contributed by atoms with E-state index in [1.807, 2.05) is 37.3 Å². The highest BCUT2D eigenvalue weighted by molar-refractivity contribution is 6.42. The van der Waals surface area contributed by atoms with Crippen molar-refractivity contribution in [2.24, 2.45) is 0 Å². The number of hydrogen-bond donors (Lipinski definition) is 0. The second-order valence-electron chi connectivity index (χ2n) is 10.5. The number of benzene rings is 2. The van der Waals surface area contributed by atoms with Crippen LogP contribution in [0.4, 0.5) is 0 Å². The van der Waals surface area contributed by atoms with Gasteiger partial charge in [-0.2, -0.15) is 0 Å². The van der Waals surface area contributed by atoms with Crippen molar-refractivity contribution in [2.45, 2.75) is 39.2 Å². The molecule has 0 radical (unpaired) electrons. The number of likely N-dealkylation sites (tertiary alicyclic amines) is 1. The molecule has 4 rings (SSSR count). The van der Waals surface area contributed by atoms with Crippen molar-refractivity contribution < 1.29 is 23.5 Å². The zero-order valence-electron chi connectivity index (χ0n) is 24.5. The zero-order valence-corrected chi connectivity index (χ0v) is 26.0. The van der Waals surface area contributed by atoms with Gasteiger partial charge in [0.25, 0.3) is 5.91 Å². The molecule has 0 unspecified atom stereocenters. The number of carbonyl (C=O) groups is 2. The summed E-state index contributed by atoms with van der Waals surface area (Å²) in [7, 11) is 3.19. The molecule has 0 aliphatic carbocycles. The van der Waals surface area contributed by atoms with E-state index < -0.39 is 0 Å². The molecule has 0 bridgehead atoms. The number of amides is 2. The van der Waals surface area contributed by atoms with E-state index in [2.05, 4.69) is 4.90 Å². The van der Waals surface area contributed by atoms with Gasteiger partial charge in [0, 0.05) is 25.2 Å². The van der Waals surface area contributed by atoms with Gasteiger partial charge in [-0.25, -0.2) is 0 Å². The highest BCUT2D eigenvalue weighted by atomic mass is 35.5. The first-order valence-electron chi connectivity index (χ1n) is 14.3. The van der Waals surface area contributed by atoms with Crippen LogP contribution >= 0.6 is 23.2 Å². The number of ether oxygens (including phenoxy) is 2. The molecule has 1 aliphatic heterocycles. The van der Waals surface area contributed by atoms with E-state index in [0.717, 1.165) is 37.3 Å². The first-order chi connectivity index (χ1) is 20.3. The normalized spacial score (nSPS) is 13.5. The standard InChI is InChI=1S/C32H39Cl2N3O5/c1-23-7-10-26(42-23)21-36(16-13-24-8-12-29(40-2)30(19-24)41-3)31(38)22-37(18-17-35-14-5-4-6-15-35)32(39)25-9-11-27(33)28(34)20-25/h7-12,19-20H,4-6,13-18,21-22H2,1-3H3. The monoisotopic (exact) mass is 615 g/mol. The van der Waals surface area contributed by atoms with Gasteiger partial charge in [-0.1, -0.05) is 35.7 Å². The Hall–Kier alpha value is -3.20. The van der Waals surface area contributed by atoms with E-state index in [1.165, 1.54) is 6.42 Å². The average Bonchev–Trinajstić information content (AvgIpc) is 3.42. The minimum Gasteiger partial charge on any atom is -0.493 e. The Morgan fingerprint density at radius 3 is 2.31 bits per heavy atom. The maximum atomic E-state index is 13.9. The van der Waals surface area contributed by atoms with E-state index in [4.69, 9.17) is 37.1 Å². The van der Waals surface area contributed by atoms with Gasteiger partial charge >= 0.3 is 0 Å². The summed E-state index contributed by atoms with van der Waals surface area (Å²) in [5.41, 5.74) is 1.39. The van der Waals surface area contributed by atoms with E-state index in [-0.39, 0.29) is 18.4 Å². The molecule has 1 fully saturated rings. The largest absolute Gasteiger partial charge is 0.493 e. The maximum Gasteiger partial charge on any atom is 0.254 e. The molecule has 8 nitrogen and oxygen atoms in total. The second kappa shape index (κ2) is 15.3. The van der Waals surface area contributed by atoms with Crippen molar-refractivity contribution in [3.05, 3.63) is 81.2 Å². The van der Waals surface area contributed by atoms with Gasteiger partial charge in [0.15, 0.2) is 11.5 Å². The van der Waals surface area contributed by atoms with Gasteiger partial charge in [0.2, 0.25) is 5.91 Å². The smallest absolute Gasteiger partial charge is 0.254 e. The van der Waals surface area contributed by atoms with Crippen LogP contribution in [0.3, 0.4) is 0 Å². The van der Waals surface area contributed by atoms with Crippen molar-refractivity contribution >= 4 is 35.0 Å². The first kappa shape index (κ1) is 31.7. The number of hydrogen-bond acceptors (Lipinski definition) is 6. The topological polar surface area (TPSA) is 75.5 Å². The molecule has 2 amide bonds. The van der Waals surface area contributed by atoms with Gasteiger partial charge in [0.1, 0.15) is 18.1 Å². The van der Waals surface area contributed by atoms with Crippen LogP contribution in [-0.2, 0) is 17.8 Å². The number of methoxy groups -OCH3 is 2. The van der Waals surface area contributed by atoms with Crippen LogP contribution in [0.1, 0.15) is 46.7 Å². The molecule has 1 aromatic heterocycles. The van der Waals surface area contributed by atoms with Crippen LogP contribution < -0.4 is 9.47 Å². The summed E-state index contributed by atoms with van der Waals surface area (Å²) < 4.78 is 16.6. The third-order valence-electron chi connectivity index (χ3n) is 7.53. The highest BCUT2D eigenvalue weighted by Gasteiger charge is 2.25. The lowest BCUT2D eigenvalue weighted by atomic mass is 10.1. The molecule has 0 spiro atoms. The molecule has 10 heteroatoms. The number of rotatable bonds is 13. The van der Waals surface area contributed by atoms with Gasteiger partial charge in [-0.05, 0) is 87.3 Å². The number of nitrogens with zero attached hydrogens (tertiary/aromatic N) is 3. The van der Waals surface area contributed by atoms with Crippen LogP contribution in [0.2, 0.25) is 10.0 Å². The first-order valence-corrected chi connectivity index (χ1v) is 15.0. The maximum absolute atomic E-state index is 13.9. The number of halogens is 2. The van der Waals surface area contributed by atoms with Gasteiger partial charge in [0.05, 0.1) is 30.8 Å². The molecule has 1 aliphatic rings. The van der Waals surface area contributed by atoms with E-state index >= 15 is 0 Å². The summed E-state index contributed by atoms with van der Waals surface area (Å²) in [6, 6.07) is 14.3. The fourth-order valence-electron chi connectivity index (χ4n) is 5.12. The number of piperidine rings is 1. The molecule has 2 heterocycles. The molecular formula is C32H39Cl2N3O5. The zero-order chi connectivity index (χ0) is 30.1. The Morgan fingerprint density at radius 2 is 1.64 bits per heavy atom. The fourth-order valence-corrected chi connectivity index (χ4v) is 5.42. The Bertz CT molecular complexity index is 1360. The van der Waals surface area contributed by atoms with Crippen molar-refractivity contribution in [1.82, 2.24) is 14.7 Å². The minimum absolute atomic E-state index is 0.0709. The number of aryl methyl sites for hydroxylation is 1. The summed E-state index contributed by atoms with van der Waals surface area (Å²) in [5.74, 6) is 2.30. The SMILES string of the molecule is COc1ccc(CCN(Cc2ccc(C)o2)C(=O)CN(CCN2CCCCC2)C(=O)c2ccc(Cl)c(Cl)c2)cc1OC. The van der Waals surface area contributed by atoms with Crippen LogP contribution in [0.5, 0.6) is 11.5 Å². The van der Waals surface area contributed by atoms with Crippen molar-refractivity contribution in [1.29, 1.82) is 0 Å². The summed E-state index contributed by atoms with van der Waals surface area (Å²) in [6.07, 6.45) is 4.10. The van der Waals surface area contributed by atoms with Gasteiger partial charge in [-0.3, -0.25) is 9.59 Å². The van der Waals surface area contributed by atoms with Gasteiger partial charge < -0.3 is 28.6 Å². The molecule has 0 N–H and O–H groups in total. The summed E-state index contributed by atoms with van der Waals surface area (Å²) in [5, 5.41) is 0.675. The molecule has 3 aromatic rings. The Labute approximate surface area is 258 Å². The summed E-state index contributed by atoms with van der Waals surface area (Å²) in [4.78, 5) is 33.3. The third kappa shape index (κ3) is 8.66. The summed E-state index contributed by atoms with van der Waals surface area (Å²) in [6.45, 7) is 5.64. The quantitative estimate of drug-likeness (QED) is 0.231. The Kier molecular flexibility index (Phi) is 11.6. The van der Waals surface area contributed by atoms with Crippen LogP contribution in [-0.4, -0.2) is 80.0 Å². The van der Waals surface area contributed by atoms with Crippen LogP contribution in [0.15, 0.2) is 52.9 Å². The second-order valence-corrected chi connectivity index (χ2v) is 11.3. The Morgan fingerprint density at radius 1 is 0.881 bits per heavy atom. The molecule has 226 valence electrons. The van der Waals surface area contributed by atoms with Crippen LogP contribution in [0, 0.1) is 6.92 Å². The predicted molar refractivity (Wildman–Crippen MR) is 165 cm³/mol. The number of furan rings is 1. The molecule has 0 atom stereocenters. The molecular weight excluding hydrogens is 577 g/mol. The van der Waals surface area contributed by atoms with E-state index in [9.17, 15) is 9.59 Å². The van der Waals surface area contributed by atoms with Crippen molar-refractivity contribution in [3.8, 4) is 11.5 Å². The van der Waals surface area contributed by atoms with E-state index in [0.29, 0.717) is 65.5 Å². The summed E-state index contributed by atoms with van der Waals surface area (Å²) >= 11 is 12.3. The molecule has 42 heavy (non-hydrogen) atoms. The molecule has 2 aromatic carbocycles. The lowest BCUT2D eigenvalue weighted by Crippen LogP contribution is -2.46. The average molecular weight is 617 g/mol. The predicted octanol–water partition coefficient (Wildman–Crippen LogP) is 6.11. The van der Waals surface area contributed by atoms with E-state index in [1.54, 1.807) is 42.2 Å². The minimum atomic E-state index is -0.257. The number of carbonyl (C=O) groups excluding carboxylic acids is 2. The van der Waals surface area contributed by atoms with Crippen molar-refractivity contribution in [2.75, 3.05) is 53.5 Å². The van der Waals surface area contributed by atoms with Crippen molar-refractivity contribution in [3.63, 3.8) is 0 Å². The lowest BCUT2D eigenvalue weighted by Gasteiger charge is -2.31. The Balaban J connectivity index is 1.53. The molecule has 0 saturated carbocycles. The lowest BCUT2D eigenvalue weighted by molar-refractivity contribution is -0.132. The highest BCUT2D eigenvalue weighted by Crippen LogP contribution is 2.28. The molecule has 1 saturated heterocycles.